The van der Waals surface area contributed by atoms with Crippen LogP contribution in [0.4, 0.5) is 0 Å². The van der Waals surface area contributed by atoms with Crippen molar-refractivity contribution in [3.05, 3.63) is 23.4 Å². The lowest BCUT2D eigenvalue weighted by Crippen LogP contribution is -1.71. The van der Waals surface area contributed by atoms with Crippen molar-refractivity contribution in [2.24, 2.45) is 0 Å². The smallest absolute Gasteiger partial charge is 0.105 e. The molecule has 1 N–H and O–H groups in total. The highest BCUT2D eigenvalue weighted by atomic mass is 32.1. The Morgan fingerprint density at radius 3 is 3.00 bits per heavy atom. The molecule has 0 bridgehead atoms. The molecule has 0 saturated carbocycles. The van der Waals surface area contributed by atoms with Crippen LogP contribution in [0.15, 0.2) is 12.1 Å². The number of aromatic nitrogens is 3. The second-order valence-corrected chi connectivity index (χ2v) is 4.23. The monoisotopic (exact) mass is 203 g/mol. The first kappa shape index (κ1) is 7.94. The second kappa shape index (κ2) is 2.54. The molecule has 0 saturated heterocycles. The molecule has 0 atom stereocenters. The van der Waals surface area contributed by atoms with Gasteiger partial charge in [0.15, 0.2) is 0 Å². The average Bonchev–Trinajstić information content (AvgIpc) is 2.73. The first-order valence-corrected chi connectivity index (χ1v) is 5.28. The molecular weight excluding hydrogens is 194 g/mol. The Labute approximate surface area is 84.9 Å². The summed E-state index contributed by atoms with van der Waals surface area (Å²) in [5.41, 5.74) is 4.47. The predicted molar refractivity (Wildman–Crippen MR) is 58.7 cm³/mol. The topological polar surface area (TPSA) is 41.6 Å². The second-order valence-electron chi connectivity index (χ2n) is 3.44. The van der Waals surface area contributed by atoms with E-state index in [4.69, 9.17) is 0 Å². The number of benzene rings is 1. The first-order chi connectivity index (χ1) is 6.77. The number of rotatable bonds is 0. The zero-order valence-corrected chi connectivity index (χ0v) is 8.77. The molecule has 70 valence electrons. The highest BCUT2D eigenvalue weighted by Gasteiger charge is 2.10. The van der Waals surface area contributed by atoms with E-state index in [1.165, 1.54) is 10.9 Å². The summed E-state index contributed by atoms with van der Waals surface area (Å²) in [7, 11) is 0. The molecule has 0 amide bonds. The van der Waals surface area contributed by atoms with E-state index in [2.05, 4.69) is 27.6 Å². The summed E-state index contributed by atoms with van der Waals surface area (Å²) in [6.45, 7) is 4.16. The summed E-state index contributed by atoms with van der Waals surface area (Å²) >= 11 is 1.54. The van der Waals surface area contributed by atoms with Crippen LogP contribution in [-0.4, -0.2) is 14.6 Å². The molecule has 1 aromatic carbocycles. The van der Waals surface area contributed by atoms with E-state index in [0.29, 0.717) is 0 Å². The van der Waals surface area contributed by atoms with E-state index >= 15 is 0 Å². The van der Waals surface area contributed by atoms with Gasteiger partial charge in [-0.3, -0.25) is 4.98 Å². The Bertz CT molecular complexity index is 621. The number of aryl methyl sites for hydroxylation is 2. The molecule has 0 aliphatic heterocycles. The summed E-state index contributed by atoms with van der Waals surface area (Å²) in [4.78, 5) is 4.56. The van der Waals surface area contributed by atoms with Crippen molar-refractivity contribution in [1.29, 1.82) is 0 Å². The molecule has 3 nitrogen and oxygen atoms in total. The van der Waals surface area contributed by atoms with Crippen LogP contribution in [0.2, 0.25) is 0 Å². The van der Waals surface area contributed by atoms with Gasteiger partial charge in [0.05, 0.1) is 10.2 Å². The molecule has 3 aromatic rings. The van der Waals surface area contributed by atoms with Crippen LogP contribution in [0.5, 0.6) is 0 Å². The van der Waals surface area contributed by atoms with Gasteiger partial charge in [-0.25, -0.2) is 4.49 Å². The van der Waals surface area contributed by atoms with Crippen LogP contribution in [0.3, 0.4) is 0 Å². The van der Waals surface area contributed by atoms with Crippen molar-refractivity contribution < 1.29 is 0 Å². The van der Waals surface area contributed by atoms with E-state index in [0.717, 1.165) is 21.4 Å². The van der Waals surface area contributed by atoms with Crippen LogP contribution in [-0.2, 0) is 0 Å². The largest absolute Gasteiger partial charge is 0.251 e. The number of H-pyrrole nitrogens is 1. The van der Waals surface area contributed by atoms with Gasteiger partial charge in [-0.05, 0) is 37.0 Å². The number of hydrogen-bond donors (Lipinski definition) is 1. The maximum absolute atomic E-state index is 4.56. The Kier molecular flexibility index (Phi) is 1.44. The van der Waals surface area contributed by atoms with Crippen molar-refractivity contribution in [2.45, 2.75) is 13.8 Å². The molecule has 0 aliphatic carbocycles. The predicted octanol–water partition coefficient (Wildman–Crippen LogP) is 2.79. The van der Waals surface area contributed by atoms with Gasteiger partial charge in [0.2, 0.25) is 0 Å². The van der Waals surface area contributed by atoms with Crippen molar-refractivity contribution in [3.8, 4) is 0 Å². The van der Waals surface area contributed by atoms with E-state index in [-0.39, 0.29) is 0 Å². The molecule has 4 heteroatoms. The Hall–Kier alpha value is -1.42. The van der Waals surface area contributed by atoms with Gasteiger partial charge in [0.25, 0.3) is 0 Å². The third-order valence-corrected chi connectivity index (χ3v) is 3.44. The summed E-state index contributed by atoms with van der Waals surface area (Å²) in [5.74, 6) is 0. The fourth-order valence-electron chi connectivity index (χ4n) is 1.73. The lowest BCUT2D eigenvalue weighted by atomic mass is 10.1. The van der Waals surface area contributed by atoms with Gasteiger partial charge in [-0.2, -0.15) is 5.10 Å². The summed E-state index contributed by atoms with van der Waals surface area (Å²) in [5, 5.41) is 5.40. The number of hydrogen-bond acceptors (Lipinski definition) is 3. The summed E-state index contributed by atoms with van der Waals surface area (Å²) < 4.78 is 4.06. The maximum Gasteiger partial charge on any atom is 0.105 e. The standard InChI is InChI=1S/C10H9N3S/c1-5-6(2)11-9-7(5)3-4-8-10(9)14-13-12-8/h3-4,13H,1-2H3. The van der Waals surface area contributed by atoms with Crippen molar-refractivity contribution in [2.75, 3.05) is 0 Å². The van der Waals surface area contributed by atoms with E-state index in [9.17, 15) is 0 Å². The van der Waals surface area contributed by atoms with Crippen molar-refractivity contribution in [3.63, 3.8) is 0 Å². The molecule has 3 rings (SSSR count). The van der Waals surface area contributed by atoms with Gasteiger partial charge in [-0.1, -0.05) is 6.07 Å². The first-order valence-electron chi connectivity index (χ1n) is 4.46. The third kappa shape index (κ3) is 0.861. The minimum atomic E-state index is 1.00. The van der Waals surface area contributed by atoms with Crippen LogP contribution < -0.4 is 0 Å². The van der Waals surface area contributed by atoms with E-state index in [1.807, 2.05) is 13.0 Å². The van der Waals surface area contributed by atoms with Crippen LogP contribution in [0, 0.1) is 13.8 Å². The molecule has 14 heavy (non-hydrogen) atoms. The Balaban J connectivity index is 2.63. The van der Waals surface area contributed by atoms with Gasteiger partial charge in [0.1, 0.15) is 5.52 Å². The number of aromatic amines is 1. The van der Waals surface area contributed by atoms with Gasteiger partial charge in [-0.15, -0.1) is 0 Å². The van der Waals surface area contributed by atoms with Gasteiger partial charge in [0, 0.05) is 11.1 Å². The molecule has 0 fully saturated rings. The normalized spacial score (nSPS) is 11.6. The minimum Gasteiger partial charge on any atom is -0.251 e. The highest BCUT2D eigenvalue weighted by Crippen LogP contribution is 2.29. The van der Waals surface area contributed by atoms with Gasteiger partial charge < -0.3 is 0 Å². The van der Waals surface area contributed by atoms with Crippen molar-refractivity contribution in [1.82, 2.24) is 14.6 Å². The summed E-state index contributed by atoms with van der Waals surface area (Å²) in [6, 6.07) is 4.14. The Morgan fingerprint density at radius 2 is 2.14 bits per heavy atom. The van der Waals surface area contributed by atoms with E-state index in [1.54, 1.807) is 11.5 Å². The summed E-state index contributed by atoms with van der Waals surface area (Å²) in [6.07, 6.45) is 0. The SMILES string of the molecule is Cc1nc2c(ccc3n[nH]sc32)c1C. The number of fused-ring (bicyclic) bond motifs is 3. The molecule has 0 spiro atoms. The molecule has 2 heterocycles. The molecule has 2 aromatic heterocycles. The lowest BCUT2D eigenvalue weighted by molar-refractivity contribution is 1.20. The zero-order valence-electron chi connectivity index (χ0n) is 7.96. The lowest BCUT2D eigenvalue weighted by Gasteiger charge is -1.90. The maximum atomic E-state index is 4.56. The fourth-order valence-corrected chi connectivity index (χ4v) is 2.43. The van der Waals surface area contributed by atoms with Crippen LogP contribution in [0.25, 0.3) is 21.1 Å². The zero-order chi connectivity index (χ0) is 9.71. The Morgan fingerprint density at radius 1 is 1.29 bits per heavy atom. The molecule has 0 unspecified atom stereocenters. The highest BCUT2D eigenvalue weighted by molar-refractivity contribution is 7.14. The average molecular weight is 203 g/mol. The fraction of sp³-hybridized carbons (Fsp3) is 0.200. The number of nitrogens with zero attached hydrogens (tertiary/aromatic N) is 2. The quantitative estimate of drug-likeness (QED) is 0.610. The minimum absolute atomic E-state index is 1.00. The van der Waals surface area contributed by atoms with E-state index < -0.39 is 0 Å². The molecular formula is C10H9N3S. The molecule has 0 aliphatic rings. The third-order valence-electron chi connectivity index (χ3n) is 2.65. The van der Waals surface area contributed by atoms with Crippen LogP contribution >= 0.6 is 11.5 Å². The number of nitrogens with one attached hydrogen (secondary N) is 1. The van der Waals surface area contributed by atoms with Crippen LogP contribution in [0.1, 0.15) is 11.3 Å². The molecule has 0 radical (unpaired) electrons. The van der Waals surface area contributed by atoms with Gasteiger partial charge >= 0.3 is 0 Å². The van der Waals surface area contributed by atoms with Crippen molar-refractivity contribution >= 4 is 32.7 Å².